The Bertz CT molecular complexity index is 553. The average Bonchev–Trinajstić information content (AvgIpc) is 2.61. The van der Waals surface area contributed by atoms with Gasteiger partial charge in [-0.25, -0.2) is 0 Å². The summed E-state index contributed by atoms with van der Waals surface area (Å²) >= 11 is 0. The molecular weight excluding hydrogens is 316 g/mol. The molecule has 0 spiro atoms. The zero-order valence-electron chi connectivity index (χ0n) is 15.5. The number of carbonyl (C=O) groups excluding carboxylic acids is 2. The Balaban J connectivity index is 1.95. The van der Waals surface area contributed by atoms with Crippen molar-refractivity contribution in [2.75, 3.05) is 26.3 Å². The lowest BCUT2D eigenvalue weighted by Gasteiger charge is -2.31. The van der Waals surface area contributed by atoms with Gasteiger partial charge in [-0.1, -0.05) is 51.1 Å². The number of nitrogens with one attached hydrogen (secondary N) is 1. The summed E-state index contributed by atoms with van der Waals surface area (Å²) in [4.78, 5) is 27.1. The molecular formula is C20H30N2O3. The molecule has 138 valence electrons. The molecule has 2 atom stereocenters. The third-order valence-corrected chi connectivity index (χ3v) is 4.52. The quantitative estimate of drug-likeness (QED) is 0.825. The number of hydrogen-bond donors (Lipinski definition) is 1. The van der Waals surface area contributed by atoms with Crippen LogP contribution in [0.15, 0.2) is 30.3 Å². The fourth-order valence-electron chi connectivity index (χ4n) is 3.13. The highest BCUT2D eigenvalue weighted by Crippen LogP contribution is 2.19. The first-order chi connectivity index (χ1) is 12.0. The third kappa shape index (κ3) is 6.16. The number of ether oxygens (including phenoxy) is 1. The first-order valence-electron chi connectivity index (χ1n) is 9.18. The molecule has 25 heavy (non-hydrogen) atoms. The van der Waals surface area contributed by atoms with Gasteiger partial charge in [-0.05, 0) is 23.8 Å². The van der Waals surface area contributed by atoms with Crippen LogP contribution in [0.4, 0.5) is 0 Å². The molecule has 1 aromatic carbocycles. The van der Waals surface area contributed by atoms with Crippen molar-refractivity contribution in [2.45, 2.75) is 45.6 Å². The molecule has 0 saturated carbocycles. The van der Waals surface area contributed by atoms with E-state index in [1.807, 2.05) is 37.3 Å². The van der Waals surface area contributed by atoms with E-state index in [-0.39, 0.29) is 17.7 Å². The van der Waals surface area contributed by atoms with Gasteiger partial charge in [0.1, 0.15) is 6.04 Å². The van der Waals surface area contributed by atoms with Crippen LogP contribution in [0, 0.1) is 5.92 Å². The van der Waals surface area contributed by atoms with Gasteiger partial charge in [0.15, 0.2) is 0 Å². The monoisotopic (exact) mass is 346 g/mol. The Labute approximate surface area is 150 Å². The van der Waals surface area contributed by atoms with E-state index in [0.29, 0.717) is 45.1 Å². The molecule has 1 aliphatic heterocycles. The van der Waals surface area contributed by atoms with Crippen LogP contribution >= 0.6 is 0 Å². The van der Waals surface area contributed by atoms with Gasteiger partial charge < -0.3 is 15.0 Å². The Morgan fingerprint density at radius 1 is 1.12 bits per heavy atom. The summed E-state index contributed by atoms with van der Waals surface area (Å²) in [5, 5.41) is 2.98. The smallest absolute Gasteiger partial charge is 0.245 e. The highest BCUT2D eigenvalue weighted by atomic mass is 16.5. The Morgan fingerprint density at radius 2 is 1.76 bits per heavy atom. The van der Waals surface area contributed by atoms with E-state index in [9.17, 15) is 9.59 Å². The van der Waals surface area contributed by atoms with Crippen LogP contribution in [0.2, 0.25) is 0 Å². The van der Waals surface area contributed by atoms with Gasteiger partial charge in [0.05, 0.1) is 13.2 Å². The van der Waals surface area contributed by atoms with E-state index >= 15 is 0 Å². The minimum Gasteiger partial charge on any atom is -0.378 e. The zero-order valence-corrected chi connectivity index (χ0v) is 15.5. The van der Waals surface area contributed by atoms with Crippen molar-refractivity contribution in [1.29, 1.82) is 0 Å². The number of hydrogen-bond acceptors (Lipinski definition) is 3. The van der Waals surface area contributed by atoms with Gasteiger partial charge in [-0.15, -0.1) is 0 Å². The molecule has 0 aliphatic carbocycles. The second kappa shape index (κ2) is 9.56. The molecule has 1 saturated heterocycles. The molecule has 5 nitrogen and oxygen atoms in total. The lowest BCUT2D eigenvalue weighted by Crippen LogP contribution is -2.52. The highest BCUT2D eigenvalue weighted by Gasteiger charge is 2.28. The summed E-state index contributed by atoms with van der Waals surface area (Å²) in [5.74, 6) is 0.405. The maximum atomic E-state index is 12.8. The van der Waals surface area contributed by atoms with Crippen molar-refractivity contribution < 1.29 is 14.3 Å². The fraction of sp³-hybridized carbons (Fsp3) is 0.600. The van der Waals surface area contributed by atoms with E-state index in [4.69, 9.17) is 4.74 Å². The summed E-state index contributed by atoms with van der Waals surface area (Å²) in [6.07, 6.45) is 1.04. The van der Waals surface area contributed by atoms with Crippen LogP contribution in [0.5, 0.6) is 0 Å². The average molecular weight is 346 g/mol. The lowest BCUT2D eigenvalue weighted by atomic mass is 9.96. The molecule has 2 unspecified atom stereocenters. The van der Waals surface area contributed by atoms with Crippen LogP contribution in [0.25, 0.3) is 0 Å². The predicted molar refractivity (Wildman–Crippen MR) is 98.3 cm³/mol. The van der Waals surface area contributed by atoms with Crippen molar-refractivity contribution in [3.63, 3.8) is 0 Å². The largest absolute Gasteiger partial charge is 0.378 e. The standard InChI is InChI=1S/C20H30N2O3/c1-15(2)13-18(20(24)22-9-11-25-12-10-22)21-19(23)14-16(3)17-7-5-4-6-8-17/h4-8,15-16,18H,9-14H2,1-3H3,(H,21,23). The van der Waals surface area contributed by atoms with Gasteiger partial charge in [-0.3, -0.25) is 9.59 Å². The van der Waals surface area contributed by atoms with Crippen molar-refractivity contribution in [1.82, 2.24) is 10.2 Å². The number of carbonyl (C=O) groups is 2. The number of benzene rings is 1. The van der Waals surface area contributed by atoms with E-state index in [0.717, 1.165) is 5.56 Å². The van der Waals surface area contributed by atoms with Gasteiger partial charge in [0.25, 0.3) is 0 Å². The van der Waals surface area contributed by atoms with E-state index in [1.54, 1.807) is 4.90 Å². The third-order valence-electron chi connectivity index (χ3n) is 4.52. The van der Waals surface area contributed by atoms with Gasteiger partial charge in [-0.2, -0.15) is 0 Å². The van der Waals surface area contributed by atoms with Crippen LogP contribution in [0.1, 0.15) is 45.1 Å². The summed E-state index contributed by atoms with van der Waals surface area (Å²) in [7, 11) is 0. The minimum absolute atomic E-state index is 0.0118. The Morgan fingerprint density at radius 3 is 2.36 bits per heavy atom. The van der Waals surface area contributed by atoms with Crippen molar-refractivity contribution in [2.24, 2.45) is 5.92 Å². The molecule has 1 aromatic rings. The molecule has 2 rings (SSSR count). The molecule has 1 N–H and O–H groups in total. The number of rotatable bonds is 7. The van der Waals surface area contributed by atoms with Crippen LogP contribution in [-0.4, -0.2) is 49.1 Å². The van der Waals surface area contributed by atoms with E-state index in [1.165, 1.54) is 0 Å². The fourth-order valence-corrected chi connectivity index (χ4v) is 3.13. The van der Waals surface area contributed by atoms with E-state index < -0.39 is 6.04 Å². The molecule has 1 heterocycles. The van der Waals surface area contributed by atoms with Gasteiger partial charge in [0.2, 0.25) is 11.8 Å². The molecule has 0 aromatic heterocycles. The Kier molecular flexibility index (Phi) is 7.44. The number of nitrogens with zero attached hydrogens (tertiary/aromatic N) is 1. The number of amides is 2. The summed E-state index contributed by atoms with van der Waals surface area (Å²) in [6.45, 7) is 8.51. The van der Waals surface area contributed by atoms with Gasteiger partial charge >= 0.3 is 0 Å². The molecule has 1 aliphatic rings. The first kappa shape index (κ1) is 19.4. The van der Waals surface area contributed by atoms with Crippen molar-refractivity contribution in [3.05, 3.63) is 35.9 Å². The molecule has 5 heteroatoms. The molecule has 0 bridgehead atoms. The molecule has 2 amide bonds. The predicted octanol–water partition coefficient (Wildman–Crippen LogP) is 2.57. The topological polar surface area (TPSA) is 58.6 Å². The minimum atomic E-state index is -0.450. The SMILES string of the molecule is CC(C)CC(NC(=O)CC(C)c1ccccc1)C(=O)N1CCOCC1. The molecule has 0 radical (unpaired) electrons. The second-order valence-electron chi connectivity index (χ2n) is 7.20. The van der Waals surface area contributed by atoms with Crippen LogP contribution < -0.4 is 5.32 Å². The van der Waals surface area contributed by atoms with Gasteiger partial charge in [0, 0.05) is 19.5 Å². The second-order valence-corrected chi connectivity index (χ2v) is 7.20. The Hall–Kier alpha value is -1.88. The zero-order chi connectivity index (χ0) is 18.2. The maximum Gasteiger partial charge on any atom is 0.245 e. The summed E-state index contributed by atoms with van der Waals surface area (Å²) in [6, 6.07) is 9.54. The summed E-state index contributed by atoms with van der Waals surface area (Å²) in [5.41, 5.74) is 1.14. The first-order valence-corrected chi connectivity index (χ1v) is 9.18. The summed E-state index contributed by atoms with van der Waals surface area (Å²) < 4.78 is 5.31. The van der Waals surface area contributed by atoms with Crippen LogP contribution in [-0.2, 0) is 14.3 Å². The van der Waals surface area contributed by atoms with E-state index in [2.05, 4.69) is 19.2 Å². The number of morpholine rings is 1. The highest BCUT2D eigenvalue weighted by molar-refractivity contribution is 5.88. The van der Waals surface area contributed by atoms with Crippen molar-refractivity contribution in [3.8, 4) is 0 Å². The maximum absolute atomic E-state index is 12.8. The van der Waals surface area contributed by atoms with Crippen molar-refractivity contribution >= 4 is 11.8 Å². The normalized spacial score (nSPS) is 17.2. The van der Waals surface area contributed by atoms with Crippen LogP contribution in [0.3, 0.4) is 0 Å². The lowest BCUT2D eigenvalue weighted by molar-refractivity contribution is -0.140. The molecule has 1 fully saturated rings.